The Morgan fingerprint density at radius 2 is 2.13 bits per heavy atom. The second kappa shape index (κ2) is 7.57. The smallest absolute Gasteiger partial charge is 0.274 e. The Morgan fingerprint density at radius 3 is 2.83 bits per heavy atom. The number of rotatable bonds is 4. The monoisotopic (exact) mass is 336 g/mol. The Labute approximate surface area is 140 Å². The average Bonchev–Trinajstić information content (AvgIpc) is 3.04. The predicted octanol–water partition coefficient (Wildman–Crippen LogP) is 0.766. The number of nitrogens with zero attached hydrogens (tertiary/aromatic N) is 2. The number of aryl methyl sites for hydroxylation is 1. The molecule has 0 aliphatic carbocycles. The lowest BCUT2D eigenvalue weighted by atomic mass is 10.1. The molecule has 0 spiro atoms. The Hall–Kier alpha value is -1.92. The van der Waals surface area contributed by atoms with Gasteiger partial charge in [0.15, 0.2) is 0 Å². The van der Waals surface area contributed by atoms with Crippen molar-refractivity contribution < 1.29 is 4.79 Å². The van der Waals surface area contributed by atoms with E-state index >= 15 is 0 Å². The molecule has 0 bridgehead atoms. The highest BCUT2D eigenvalue weighted by Gasteiger charge is 2.16. The van der Waals surface area contributed by atoms with Crippen LogP contribution in [0.2, 0.25) is 0 Å². The third-order valence-corrected chi connectivity index (χ3v) is 4.07. The van der Waals surface area contributed by atoms with Crippen LogP contribution in [0.3, 0.4) is 0 Å². The fourth-order valence-electron chi connectivity index (χ4n) is 2.89. The number of carbonyl (C=O) groups is 1. The molecular weight excluding hydrogens is 316 g/mol. The first-order valence-electron chi connectivity index (χ1n) is 7.60. The molecule has 23 heavy (non-hydrogen) atoms. The number of carbonyl (C=O) groups excluding carboxylic acids is 1. The quantitative estimate of drug-likeness (QED) is 0.864. The van der Waals surface area contributed by atoms with E-state index < -0.39 is 0 Å². The summed E-state index contributed by atoms with van der Waals surface area (Å²) in [4.78, 5) is 24.2. The first-order chi connectivity index (χ1) is 10.6. The predicted molar refractivity (Wildman–Crippen MR) is 92.0 cm³/mol. The molecule has 1 unspecified atom stereocenters. The van der Waals surface area contributed by atoms with Crippen molar-refractivity contribution in [2.75, 3.05) is 13.1 Å². The molecule has 0 radical (unpaired) electrons. The van der Waals surface area contributed by atoms with Gasteiger partial charge in [0.25, 0.3) is 5.56 Å². The van der Waals surface area contributed by atoms with Crippen molar-refractivity contribution in [2.24, 2.45) is 7.05 Å². The van der Waals surface area contributed by atoms with E-state index in [4.69, 9.17) is 0 Å². The van der Waals surface area contributed by atoms with Gasteiger partial charge in [0.05, 0.1) is 17.5 Å². The van der Waals surface area contributed by atoms with Gasteiger partial charge in [-0.15, -0.1) is 12.4 Å². The molecule has 1 aromatic carbocycles. The molecule has 1 aliphatic rings. The number of amides is 1. The van der Waals surface area contributed by atoms with Crippen LogP contribution in [0.5, 0.6) is 0 Å². The topological polar surface area (TPSA) is 76.0 Å². The summed E-state index contributed by atoms with van der Waals surface area (Å²) in [5, 5.41) is 11.9. The van der Waals surface area contributed by atoms with Crippen molar-refractivity contribution in [3.05, 3.63) is 40.3 Å². The molecule has 1 aliphatic heterocycles. The summed E-state index contributed by atoms with van der Waals surface area (Å²) in [7, 11) is 1.61. The highest BCUT2D eigenvalue weighted by Crippen LogP contribution is 2.13. The van der Waals surface area contributed by atoms with Crippen molar-refractivity contribution in [3.8, 4) is 0 Å². The minimum Gasteiger partial charge on any atom is -0.354 e. The lowest BCUT2D eigenvalue weighted by Crippen LogP contribution is -2.38. The normalized spacial score (nSPS) is 17.0. The maximum absolute atomic E-state index is 12.1. The fraction of sp³-hybridized carbons (Fsp3) is 0.438. The SMILES string of the molecule is Cl.Cn1nc(CC(=O)NCC2CCCN2)c2ccccc2c1=O. The molecule has 1 fully saturated rings. The van der Waals surface area contributed by atoms with Gasteiger partial charge in [-0.25, -0.2) is 4.68 Å². The molecule has 1 amide bonds. The van der Waals surface area contributed by atoms with Gasteiger partial charge in [-0.2, -0.15) is 5.10 Å². The Bertz CT molecular complexity index is 753. The molecule has 3 rings (SSSR count). The van der Waals surface area contributed by atoms with E-state index in [9.17, 15) is 9.59 Å². The number of hydrogen-bond donors (Lipinski definition) is 2. The Morgan fingerprint density at radius 1 is 1.39 bits per heavy atom. The van der Waals surface area contributed by atoms with E-state index in [1.54, 1.807) is 13.1 Å². The molecule has 1 aromatic heterocycles. The molecule has 7 heteroatoms. The molecule has 0 saturated carbocycles. The van der Waals surface area contributed by atoms with Crippen molar-refractivity contribution in [1.29, 1.82) is 0 Å². The highest BCUT2D eigenvalue weighted by atomic mass is 35.5. The van der Waals surface area contributed by atoms with Gasteiger partial charge < -0.3 is 10.6 Å². The van der Waals surface area contributed by atoms with Crippen molar-refractivity contribution >= 4 is 29.1 Å². The van der Waals surface area contributed by atoms with Gasteiger partial charge >= 0.3 is 0 Å². The zero-order valence-electron chi connectivity index (χ0n) is 13.0. The van der Waals surface area contributed by atoms with Crippen molar-refractivity contribution in [3.63, 3.8) is 0 Å². The van der Waals surface area contributed by atoms with Gasteiger partial charge in [-0.3, -0.25) is 9.59 Å². The molecule has 1 atom stereocenters. The second-order valence-electron chi connectivity index (χ2n) is 5.70. The zero-order valence-corrected chi connectivity index (χ0v) is 13.9. The summed E-state index contributed by atoms with van der Waals surface area (Å²) in [6, 6.07) is 7.65. The number of hydrogen-bond acceptors (Lipinski definition) is 4. The molecule has 6 nitrogen and oxygen atoms in total. The number of halogens is 1. The first-order valence-corrected chi connectivity index (χ1v) is 7.60. The molecule has 124 valence electrons. The van der Waals surface area contributed by atoms with Gasteiger partial charge in [0.2, 0.25) is 5.91 Å². The Balaban J connectivity index is 0.00000192. The number of fused-ring (bicyclic) bond motifs is 1. The number of aromatic nitrogens is 2. The summed E-state index contributed by atoms with van der Waals surface area (Å²) in [5.74, 6) is -0.0648. The van der Waals surface area contributed by atoms with E-state index in [0.29, 0.717) is 23.7 Å². The lowest BCUT2D eigenvalue weighted by Gasteiger charge is -2.12. The Kier molecular flexibility index (Phi) is 5.74. The van der Waals surface area contributed by atoms with E-state index in [-0.39, 0.29) is 30.3 Å². The number of nitrogens with one attached hydrogen (secondary N) is 2. The summed E-state index contributed by atoms with van der Waals surface area (Å²) in [5.41, 5.74) is 0.490. The third kappa shape index (κ3) is 3.89. The molecule has 1 saturated heterocycles. The minimum absolute atomic E-state index is 0. The van der Waals surface area contributed by atoms with Gasteiger partial charge in [-0.1, -0.05) is 18.2 Å². The van der Waals surface area contributed by atoms with Crippen LogP contribution < -0.4 is 16.2 Å². The van der Waals surface area contributed by atoms with Crippen LogP contribution in [0.1, 0.15) is 18.5 Å². The highest BCUT2D eigenvalue weighted by molar-refractivity contribution is 5.88. The number of benzene rings is 1. The maximum Gasteiger partial charge on any atom is 0.274 e. The van der Waals surface area contributed by atoms with Gasteiger partial charge in [0, 0.05) is 25.0 Å². The maximum atomic E-state index is 12.1. The summed E-state index contributed by atoms with van der Waals surface area (Å²) in [6.07, 6.45) is 2.44. The summed E-state index contributed by atoms with van der Waals surface area (Å²) < 4.78 is 1.30. The largest absolute Gasteiger partial charge is 0.354 e. The van der Waals surface area contributed by atoms with E-state index in [2.05, 4.69) is 15.7 Å². The van der Waals surface area contributed by atoms with Crippen LogP contribution in [0.15, 0.2) is 29.1 Å². The van der Waals surface area contributed by atoms with Gasteiger partial charge in [0.1, 0.15) is 0 Å². The van der Waals surface area contributed by atoms with Gasteiger partial charge in [-0.05, 0) is 25.5 Å². The zero-order chi connectivity index (χ0) is 15.5. The summed E-state index contributed by atoms with van der Waals surface area (Å²) in [6.45, 7) is 1.66. The van der Waals surface area contributed by atoms with Crippen LogP contribution in [0.4, 0.5) is 0 Å². The van der Waals surface area contributed by atoms with E-state index in [1.165, 1.54) is 4.68 Å². The van der Waals surface area contributed by atoms with Crippen molar-refractivity contribution in [2.45, 2.75) is 25.3 Å². The molecular formula is C16H21ClN4O2. The lowest BCUT2D eigenvalue weighted by molar-refractivity contribution is -0.120. The van der Waals surface area contributed by atoms with Crippen LogP contribution in [0, 0.1) is 0 Å². The second-order valence-corrected chi connectivity index (χ2v) is 5.70. The van der Waals surface area contributed by atoms with Crippen LogP contribution in [0.25, 0.3) is 10.8 Å². The van der Waals surface area contributed by atoms with Crippen LogP contribution >= 0.6 is 12.4 Å². The van der Waals surface area contributed by atoms with Crippen molar-refractivity contribution in [1.82, 2.24) is 20.4 Å². The van der Waals surface area contributed by atoms with Crippen LogP contribution in [-0.4, -0.2) is 34.8 Å². The van der Waals surface area contributed by atoms with E-state index in [1.807, 2.05) is 18.2 Å². The standard InChI is InChI=1S/C16H20N4O2.ClH/c1-20-16(22)13-7-3-2-6-12(13)14(19-20)9-15(21)18-10-11-5-4-8-17-11;/h2-3,6-7,11,17H,4-5,8-10H2,1H3,(H,18,21);1H. The summed E-state index contributed by atoms with van der Waals surface area (Å²) >= 11 is 0. The average molecular weight is 337 g/mol. The third-order valence-electron chi connectivity index (χ3n) is 4.07. The first kappa shape index (κ1) is 17.4. The minimum atomic E-state index is -0.144. The van der Waals surface area contributed by atoms with E-state index in [0.717, 1.165) is 24.8 Å². The fourth-order valence-corrected chi connectivity index (χ4v) is 2.89. The molecule has 2 aromatic rings. The molecule has 2 heterocycles. The van der Waals surface area contributed by atoms with Crippen LogP contribution in [-0.2, 0) is 18.3 Å². The molecule has 2 N–H and O–H groups in total.